The van der Waals surface area contributed by atoms with Gasteiger partial charge in [-0.05, 0) is 63.3 Å². The van der Waals surface area contributed by atoms with Crippen LogP contribution in [0.2, 0.25) is 0 Å². The maximum absolute atomic E-state index is 13.5. The minimum Gasteiger partial charge on any atom is -0.400 e. The average molecular weight is 355 g/mol. The molecule has 0 radical (unpaired) electrons. The van der Waals surface area contributed by atoms with Gasteiger partial charge in [-0.3, -0.25) is 0 Å². The number of hydrogen-bond donors (Lipinski definition) is 2. The van der Waals surface area contributed by atoms with Gasteiger partial charge in [-0.2, -0.15) is 0 Å². The van der Waals surface area contributed by atoms with Gasteiger partial charge < -0.3 is 10.4 Å². The zero-order chi connectivity index (χ0) is 12.3. The minimum absolute atomic E-state index is 0.208. The lowest BCUT2D eigenvalue weighted by molar-refractivity contribution is 0.399. The second kappa shape index (κ2) is 5.98. The molecule has 2 rings (SSSR count). The molecule has 0 spiro atoms. The summed E-state index contributed by atoms with van der Waals surface area (Å²) in [4.78, 5) is 0. The number of halogens is 3. The zero-order valence-electron chi connectivity index (χ0n) is 9.15. The lowest BCUT2D eigenvalue weighted by Crippen LogP contribution is -2.22. The van der Waals surface area contributed by atoms with Crippen LogP contribution in [0.1, 0.15) is 18.9 Å². The highest BCUT2D eigenvalue weighted by atomic mass is 79.9. The molecule has 1 heterocycles. The van der Waals surface area contributed by atoms with Crippen molar-refractivity contribution in [2.75, 3.05) is 12.4 Å². The highest BCUT2D eigenvalue weighted by molar-refractivity contribution is 9.11. The molecule has 0 bridgehead atoms. The molecule has 2 nitrogen and oxygen atoms in total. The molecule has 0 amide bonds. The number of nitrogens with one attached hydrogen (secondary N) is 1. The van der Waals surface area contributed by atoms with E-state index in [0.29, 0.717) is 15.0 Å². The van der Waals surface area contributed by atoms with Crippen molar-refractivity contribution in [3.05, 3.63) is 26.4 Å². The van der Waals surface area contributed by atoms with Crippen molar-refractivity contribution in [1.29, 1.82) is 0 Å². The average Bonchev–Trinajstić information content (AvgIpc) is 2.28. The summed E-state index contributed by atoms with van der Waals surface area (Å²) in [6.07, 6.45) is 1.97. The molecule has 16 heavy (non-hydrogen) atoms. The highest BCUT2D eigenvalue weighted by Crippen LogP contribution is 2.36. The van der Waals surface area contributed by atoms with Gasteiger partial charge in [0.05, 0.1) is 8.95 Å². The Morgan fingerprint density at radius 3 is 2.69 bits per heavy atom. The summed E-state index contributed by atoms with van der Waals surface area (Å²) in [7, 11) is 1.00. The number of rotatable bonds is 0. The number of hydrogen-bond acceptors (Lipinski definition) is 2. The van der Waals surface area contributed by atoms with Gasteiger partial charge in [0.2, 0.25) is 0 Å². The Morgan fingerprint density at radius 1 is 1.44 bits per heavy atom. The number of aliphatic hydroxyl groups is 1. The third-order valence-electron chi connectivity index (χ3n) is 2.49. The number of benzene rings is 1. The molecule has 0 saturated carbocycles. The van der Waals surface area contributed by atoms with Gasteiger partial charge in [0.25, 0.3) is 0 Å². The van der Waals surface area contributed by atoms with E-state index in [9.17, 15) is 4.39 Å². The van der Waals surface area contributed by atoms with E-state index in [1.165, 1.54) is 0 Å². The molecular weight excluding hydrogens is 341 g/mol. The fourth-order valence-corrected chi connectivity index (χ4v) is 3.02. The summed E-state index contributed by atoms with van der Waals surface area (Å²) in [5.41, 5.74) is 2.08. The van der Waals surface area contributed by atoms with Crippen molar-refractivity contribution in [3.63, 3.8) is 0 Å². The second-order valence-corrected chi connectivity index (χ2v) is 5.24. The van der Waals surface area contributed by atoms with E-state index in [-0.39, 0.29) is 5.82 Å². The summed E-state index contributed by atoms with van der Waals surface area (Å²) in [6.45, 7) is 2.13. The predicted octanol–water partition coefficient (Wildman–Crippen LogP) is 3.71. The number of anilines is 1. The Hall–Kier alpha value is -0.130. The SMILES string of the molecule is CC1CCc2c(cc(Br)c(F)c2Br)N1.CO. The van der Waals surface area contributed by atoms with Gasteiger partial charge in [-0.1, -0.05) is 0 Å². The van der Waals surface area contributed by atoms with Crippen LogP contribution in [-0.2, 0) is 6.42 Å². The van der Waals surface area contributed by atoms with Gasteiger partial charge in [0, 0.05) is 18.8 Å². The molecule has 1 aromatic carbocycles. The molecule has 1 unspecified atom stereocenters. The first kappa shape index (κ1) is 13.9. The monoisotopic (exact) mass is 353 g/mol. The van der Waals surface area contributed by atoms with Crippen LogP contribution >= 0.6 is 31.9 Å². The van der Waals surface area contributed by atoms with Crippen LogP contribution in [-0.4, -0.2) is 18.3 Å². The standard InChI is InChI=1S/C10H10Br2FN.CH4O/c1-5-2-3-6-8(14-5)4-7(11)10(13)9(6)12;1-2/h4-5,14H,2-3H2,1H3;2H,1H3. The van der Waals surface area contributed by atoms with Crippen LogP contribution in [0.3, 0.4) is 0 Å². The van der Waals surface area contributed by atoms with E-state index in [0.717, 1.165) is 31.2 Å². The van der Waals surface area contributed by atoms with Crippen molar-refractivity contribution < 1.29 is 9.50 Å². The van der Waals surface area contributed by atoms with E-state index in [1.807, 2.05) is 6.07 Å². The minimum atomic E-state index is -0.208. The fraction of sp³-hybridized carbons (Fsp3) is 0.455. The smallest absolute Gasteiger partial charge is 0.151 e. The largest absolute Gasteiger partial charge is 0.400 e. The van der Waals surface area contributed by atoms with E-state index in [4.69, 9.17) is 5.11 Å². The first-order valence-corrected chi connectivity index (χ1v) is 6.56. The van der Waals surface area contributed by atoms with Gasteiger partial charge in [-0.25, -0.2) is 4.39 Å². The molecule has 2 N–H and O–H groups in total. The molecule has 1 atom stereocenters. The number of aliphatic hydroxyl groups excluding tert-OH is 1. The maximum Gasteiger partial charge on any atom is 0.151 e. The van der Waals surface area contributed by atoms with Gasteiger partial charge in [-0.15, -0.1) is 0 Å². The van der Waals surface area contributed by atoms with Gasteiger partial charge >= 0.3 is 0 Å². The van der Waals surface area contributed by atoms with E-state index < -0.39 is 0 Å². The Balaban J connectivity index is 0.000000606. The van der Waals surface area contributed by atoms with Crippen LogP contribution < -0.4 is 5.32 Å². The first-order valence-electron chi connectivity index (χ1n) is 4.97. The van der Waals surface area contributed by atoms with Crippen molar-refractivity contribution in [3.8, 4) is 0 Å². The van der Waals surface area contributed by atoms with Crippen LogP contribution in [0, 0.1) is 5.82 Å². The molecule has 0 aromatic heterocycles. The third kappa shape index (κ3) is 2.76. The van der Waals surface area contributed by atoms with E-state index in [1.54, 1.807) is 0 Å². The van der Waals surface area contributed by atoms with Crippen molar-refractivity contribution in [2.45, 2.75) is 25.8 Å². The molecule has 1 aliphatic heterocycles. The summed E-state index contributed by atoms with van der Waals surface area (Å²) >= 11 is 6.49. The Morgan fingerprint density at radius 2 is 2.06 bits per heavy atom. The highest BCUT2D eigenvalue weighted by Gasteiger charge is 2.20. The van der Waals surface area contributed by atoms with Crippen molar-refractivity contribution in [1.82, 2.24) is 0 Å². The molecule has 1 aliphatic rings. The van der Waals surface area contributed by atoms with Crippen LogP contribution in [0.15, 0.2) is 15.0 Å². The van der Waals surface area contributed by atoms with Crippen molar-refractivity contribution >= 4 is 37.5 Å². The maximum atomic E-state index is 13.5. The summed E-state index contributed by atoms with van der Waals surface area (Å²) in [5, 5.41) is 10.3. The molecule has 0 aliphatic carbocycles. The van der Waals surface area contributed by atoms with Crippen molar-refractivity contribution in [2.24, 2.45) is 0 Å². The van der Waals surface area contributed by atoms with E-state index >= 15 is 0 Å². The molecule has 1 aromatic rings. The summed E-state index contributed by atoms with van der Waals surface area (Å²) in [6, 6.07) is 2.28. The number of fused-ring (bicyclic) bond motifs is 1. The Kier molecular flexibility index (Phi) is 5.21. The Bertz CT molecular complexity index is 385. The second-order valence-electron chi connectivity index (χ2n) is 3.60. The Labute approximate surface area is 112 Å². The van der Waals surface area contributed by atoms with Crippen LogP contribution in [0.4, 0.5) is 10.1 Å². The summed E-state index contributed by atoms with van der Waals surface area (Å²) in [5.74, 6) is -0.208. The lowest BCUT2D eigenvalue weighted by atomic mass is 9.99. The van der Waals surface area contributed by atoms with Crippen LogP contribution in [0.5, 0.6) is 0 Å². The topological polar surface area (TPSA) is 32.3 Å². The molecule has 0 saturated heterocycles. The first-order chi connectivity index (χ1) is 7.59. The quantitative estimate of drug-likeness (QED) is 0.696. The summed E-state index contributed by atoms with van der Waals surface area (Å²) < 4.78 is 14.6. The van der Waals surface area contributed by atoms with E-state index in [2.05, 4.69) is 44.1 Å². The molecule has 0 fully saturated rings. The molecule has 5 heteroatoms. The third-order valence-corrected chi connectivity index (χ3v) is 3.90. The molecular formula is C11H14Br2FNO. The lowest BCUT2D eigenvalue weighted by Gasteiger charge is -2.25. The van der Waals surface area contributed by atoms with Crippen LogP contribution in [0.25, 0.3) is 0 Å². The normalized spacial score (nSPS) is 18.0. The zero-order valence-corrected chi connectivity index (χ0v) is 12.3. The van der Waals surface area contributed by atoms with Gasteiger partial charge in [0.1, 0.15) is 0 Å². The molecule has 90 valence electrons. The predicted molar refractivity (Wildman–Crippen MR) is 71.3 cm³/mol. The van der Waals surface area contributed by atoms with Gasteiger partial charge in [0.15, 0.2) is 5.82 Å². The fourth-order valence-electron chi connectivity index (χ4n) is 1.70.